The van der Waals surface area contributed by atoms with Crippen molar-refractivity contribution in [2.45, 2.75) is 52.0 Å². The van der Waals surface area contributed by atoms with Gasteiger partial charge in [-0.3, -0.25) is 9.59 Å². The minimum atomic E-state index is -0.510. The first-order chi connectivity index (χ1) is 14.5. The molecule has 0 radical (unpaired) electrons. The molecule has 4 nitrogen and oxygen atoms in total. The third kappa shape index (κ3) is 7.33. The Bertz CT molecular complexity index is 827. The third-order valence-electron chi connectivity index (χ3n) is 5.06. The van der Waals surface area contributed by atoms with Gasteiger partial charge in [-0.2, -0.15) is 0 Å². The Hall–Kier alpha value is -2.04. The Morgan fingerprint density at radius 1 is 1.07 bits per heavy atom. The summed E-state index contributed by atoms with van der Waals surface area (Å²) in [6.45, 7) is 5.10. The van der Waals surface area contributed by atoms with Crippen LogP contribution in [-0.2, 0) is 22.4 Å². The Kier molecular flexibility index (Phi) is 10.2. The topological polar surface area (TPSA) is 49.4 Å². The van der Waals surface area contributed by atoms with E-state index in [0.29, 0.717) is 41.5 Å². The zero-order chi connectivity index (χ0) is 21.9. The maximum absolute atomic E-state index is 13.3. The summed E-state index contributed by atoms with van der Waals surface area (Å²) in [7, 11) is 0. The minimum Gasteiger partial charge on any atom is -0.354 e. The van der Waals surface area contributed by atoms with Crippen molar-refractivity contribution in [3.05, 3.63) is 69.7 Å². The summed E-state index contributed by atoms with van der Waals surface area (Å²) in [5.41, 5.74) is 1.83. The summed E-state index contributed by atoms with van der Waals surface area (Å²) in [4.78, 5) is 27.8. The molecular formula is C24H30Cl2N2O2. The van der Waals surface area contributed by atoms with Gasteiger partial charge in [0, 0.05) is 23.1 Å². The SMILES string of the molecule is CCCCNC(=O)C(CC)N(CCc1ccccc1)C(=O)Cc1ccc(Cl)cc1Cl. The van der Waals surface area contributed by atoms with E-state index >= 15 is 0 Å². The molecule has 1 N–H and O–H groups in total. The molecule has 1 atom stereocenters. The monoisotopic (exact) mass is 448 g/mol. The van der Waals surface area contributed by atoms with E-state index in [4.69, 9.17) is 23.2 Å². The van der Waals surface area contributed by atoms with Crippen LogP contribution in [0.2, 0.25) is 10.0 Å². The molecule has 0 aliphatic rings. The molecule has 1 unspecified atom stereocenters. The van der Waals surface area contributed by atoms with Crippen molar-refractivity contribution >= 4 is 35.0 Å². The van der Waals surface area contributed by atoms with E-state index in [-0.39, 0.29) is 18.2 Å². The molecule has 2 rings (SSSR count). The second kappa shape index (κ2) is 12.6. The van der Waals surface area contributed by atoms with E-state index in [1.807, 2.05) is 37.3 Å². The number of hydrogen-bond donors (Lipinski definition) is 1. The number of halogens is 2. The maximum atomic E-state index is 13.3. The van der Waals surface area contributed by atoms with E-state index in [1.165, 1.54) is 0 Å². The molecule has 0 saturated heterocycles. The molecule has 2 aromatic rings. The summed E-state index contributed by atoms with van der Waals surface area (Å²) in [5, 5.41) is 3.96. The lowest BCUT2D eigenvalue weighted by Crippen LogP contribution is -2.50. The van der Waals surface area contributed by atoms with Crippen LogP contribution in [0.4, 0.5) is 0 Å². The van der Waals surface area contributed by atoms with E-state index < -0.39 is 6.04 Å². The second-order valence-electron chi connectivity index (χ2n) is 7.30. The molecule has 6 heteroatoms. The Morgan fingerprint density at radius 3 is 2.43 bits per heavy atom. The maximum Gasteiger partial charge on any atom is 0.242 e. The molecule has 0 aliphatic carbocycles. The Labute approximate surface area is 189 Å². The summed E-state index contributed by atoms with van der Waals surface area (Å²) in [6.07, 6.45) is 3.28. The number of unbranched alkanes of at least 4 members (excludes halogenated alkanes) is 1. The van der Waals surface area contributed by atoms with Crippen LogP contribution in [0.25, 0.3) is 0 Å². The van der Waals surface area contributed by atoms with Crippen LogP contribution < -0.4 is 5.32 Å². The summed E-state index contributed by atoms with van der Waals surface area (Å²) < 4.78 is 0. The van der Waals surface area contributed by atoms with Gasteiger partial charge in [0.2, 0.25) is 11.8 Å². The van der Waals surface area contributed by atoms with Crippen LogP contribution in [0.3, 0.4) is 0 Å². The molecule has 0 aromatic heterocycles. The van der Waals surface area contributed by atoms with Gasteiger partial charge in [0.1, 0.15) is 6.04 Å². The normalized spacial score (nSPS) is 11.7. The van der Waals surface area contributed by atoms with Crippen molar-refractivity contribution < 1.29 is 9.59 Å². The number of hydrogen-bond acceptors (Lipinski definition) is 2. The summed E-state index contributed by atoms with van der Waals surface area (Å²) >= 11 is 12.3. The minimum absolute atomic E-state index is 0.102. The first kappa shape index (κ1) is 24.2. The molecule has 2 aromatic carbocycles. The summed E-state index contributed by atoms with van der Waals surface area (Å²) in [5.74, 6) is -0.220. The van der Waals surface area contributed by atoms with Crippen LogP contribution in [0.1, 0.15) is 44.2 Å². The number of nitrogens with zero attached hydrogens (tertiary/aromatic N) is 1. The quantitative estimate of drug-likeness (QED) is 0.473. The fourth-order valence-corrected chi connectivity index (χ4v) is 3.81. The number of nitrogens with one attached hydrogen (secondary N) is 1. The highest BCUT2D eigenvalue weighted by atomic mass is 35.5. The molecule has 0 saturated carbocycles. The average Bonchev–Trinajstić information content (AvgIpc) is 2.73. The number of carbonyl (C=O) groups is 2. The van der Waals surface area contributed by atoms with Gasteiger partial charge in [-0.15, -0.1) is 0 Å². The van der Waals surface area contributed by atoms with Crippen molar-refractivity contribution in [3.63, 3.8) is 0 Å². The van der Waals surface area contributed by atoms with Gasteiger partial charge < -0.3 is 10.2 Å². The molecule has 162 valence electrons. The van der Waals surface area contributed by atoms with Crippen LogP contribution in [0, 0.1) is 0 Å². The molecule has 0 fully saturated rings. The van der Waals surface area contributed by atoms with Crippen molar-refractivity contribution in [3.8, 4) is 0 Å². The zero-order valence-corrected chi connectivity index (χ0v) is 19.2. The zero-order valence-electron chi connectivity index (χ0n) is 17.7. The van der Waals surface area contributed by atoms with Gasteiger partial charge in [-0.25, -0.2) is 0 Å². The average molecular weight is 449 g/mol. The lowest BCUT2D eigenvalue weighted by atomic mass is 10.1. The largest absolute Gasteiger partial charge is 0.354 e. The highest BCUT2D eigenvalue weighted by Gasteiger charge is 2.28. The van der Waals surface area contributed by atoms with Gasteiger partial charge >= 0.3 is 0 Å². The first-order valence-corrected chi connectivity index (χ1v) is 11.3. The van der Waals surface area contributed by atoms with Gasteiger partial charge in [-0.1, -0.05) is 79.9 Å². The van der Waals surface area contributed by atoms with Crippen molar-refractivity contribution in [1.82, 2.24) is 10.2 Å². The predicted octanol–water partition coefficient (Wildman–Crippen LogP) is 5.30. The third-order valence-corrected chi connectivity index (χ3v) is 5.64. The van der Waals surface area contributed by atoms with Crippen molar-refractivity contribution in [2.24, 2.45) is 0 Å². The smallest absolute Gasteiger partial charge is 0.242 e. The number of benzene rings is 2. The molecule has 0 bridgehead atoms. The van der Waals surface area contributed by atoms with Crippen LogP contribution in [0.15, 0.2) is 48.5 Å². The van der Waals surface area contributed by atoms with E-state index in [2.05, 4.69) is 12.2 Å². The molecule has 2 amide bonds. The summed E-state index contributed by atoms with van der Waals surface area (Å²) in [6, 6.07) is 14.6. The van der Waals surface area contributed by atoms with Gasteiger partial charge in [0.15, 0.2) is 0 Å². The standard InChI is InChI=1S/C24H30Cl2N2O2/c1-3-5-14-27-24(30)22(4-2)28(15-13-18-9-7-6-8-10-18)23(29)16-19-11-12-20(25)17-21(19)26/h6-12,17,22H,3-5,13-16H2,1-2H3,(H,27,30). The molecule has 0 aliphatic heterocycles. The number of rotatable bonds is 11. The molecule has 30 heavy (non-hydrogen) atoms. The highest BCUT2D eigenvalue weighted by Crippen LogP contribution is 2.22. The van der Waals surface area contributed by atoms with Crippen LogP contribution in [0.5, 0.6) is 0 Å². The number of carbonyl (C=O) groups excluding carboxylic acids is 2. The molecular weight excluding hydrogens is 419 g/mol. The fourth-order valence-electron chi connectivity index (χ4n) is 3.33. The lowest BCUT2D eigenvalue weighted by molar-refractivity contribution is -0.140. The van der Waals surface area contributed by atoms with E-state index in [1.54, 1.807) is 23.1 Å². The fraction of sp³-hybridized carbons (Fsp3) is 0.417. The van der Waals surface area contributed by atoms with E-state index in [9.17, 15) is 9.59 Å². The predicted molar refractivity (Wildman–Crippen MR) is 124 cm³/mol. The molecule has 0 heterocycles. The van der Waals surface area contributed by atoms with Gasteiger partial charge in [0.25, 0.3) is 0 Å². The van der Waals surface area contributed by atoms with Crippen molar-refractivity contribution in [2.75, 3.05) is 13.1 Å². The molecule has 0 spiro atoms. The lowest BCUT2D eigenvalue weighted by Gasteiger charge is -2.31. The first-order valence-electron chi connectivity index (χ1n) is 10.5. The van der Waals surface area contributed by atoms with Crippen LogP contribution in [-0.4, -0.2) is 35.8 Å². The van der Waals surface area contributed by atoms with E-state index in [0.717, 1.165) is 18.4 Å². The highest BCUT2D eigenvalue weighted by molar-refractivity contribution is 6.35. The van der Waals surface area contributed by atoms with Crippen molar-refractivity contribution in [1.29, 1.82) is 0 Å². The number of amides is 2. The van der Waals surface area contributed by atoms with Crippen LogP contribution >= 0.6 is 23.2 Å². The Morgan fingerprint density at radius 2 is 1.80 bits per heavy atom. The second-order valence-corrected chi connectivity index (χ2v) is 8.15. The van der Waals surface area contributed by atoms with Gasteiger partial charge in [-0.05, 0) is 42.5 Å². The van der Waals surface area contributed by atoms with Gasteiger partial charge in [0.05, 0.1) is 6.42 Å². The Balaban J connectivity index is 2.19.